The SMILES string of the molecule is CC(=O)N[C@H]1CCN(CC23C=C(c4ccc5ccccc5c4)C(CC2)C3)C1. The number of carbonyl (C=O) groups is 1. The van der Waals surface area contributed by atoms with E-state index in [1.165, 1.54) is 35.6 Å². The van der Waals surface area contributed by atoms with E-state index in [2.05, 4.69) is 58.8 Å². The molecule has 27 heavy (non-hydrogen) atoms. The van der Waals surface area contributed by atoms with Crippen LogP contribution in [0.5, 0.6) is 0 Å². The number of likely N-dealkylation sites (tertiary alicyclic amines) is 1. The molecule has 0 aromatic heterocycles. The zero-order chi connectivity index (χ0) is 18.4. The molecule has 0 spiro atoms. The summed E-state index contributed by atoms with van der Waals surface area (Å²) in [5, 5.41) is 5.75. The molecule has 2 aromatic carbocycles. The van der Waals surface area contributed by atoms with E-state index >= 15 is 0 Å². The Balaban J connectivity index is 1.35. The summed E-state index contributed by atoms with van der Waals surface area (Å²) in [7, 11) is 0. The first kappa shape index (κ1) is 17.0. The summed E-state index contributed by atoms with van der Waals surface area (Å²) in [5.41, 5.74) is 3.33. The van der Waals surface area contributed by atoms with Crippen LogP contribution in [0, 0.1) is 11.3 Å². The van der Waals surface area contributed by atoms with Crippen LogP contribution in [0.2, 0.25) is 0 Å². The molecule has 3 aliphatic rings. The van der Waals surface area contributed by atoms with Crippen molar-refractivity contribution in [2.24, 2.45) is 11.3 Å². The van der Waals surface area contributed by atoms with E-state index in [1.54, 1.807) is 12.5 Å². The molecule has 1 saturated carbocycles. The molecule has 3 atom stereocenters. The van der Waals surface area contributed by atoms with Crippen LogP contribution in [-0.4, -0.2) is 36.5 Å². The third kappa shape index (κ3) is 3.19. The van der Waals surface area contributed by atoms with Gasteiger partial charge in [-0.05, 0) is 59.6 Å². The summed E-state index contributed by atoms with van der Waals surface area (Å²) in [5.74, 6) is 0.820. The summed E-state index contributed by atoms with van der Waals surface area (Å²) < 4.78 is 0. The van der Waals surface area contributed by atoms with Gasteiger partial charge in [-0.3, -0.25) is 4.79 Å². The first-order chi connectivity index (χ1) is 13.1. The first-order valence-corrected chi connectivity index (χ1v) is 10.3. The number of fused-ring (bicyclic) bond motifs is 3. The van der Waals surface area contributed by atoms with E-state index in [9.17, 15) is 4.79 Å². The van der Waals surface area contributed by atoms with Gasteiger partial charge in [-0.15, -0.1) is 0 Å². The van der Waals surface area contributed by atoms with Crippen LogP contribution in [0.1, 0.15) is 38.2 Å². The molecule has 140 valence electrons. The van der Waals surface area contributed by atoms with Crippen LogP contribution in [-0.2, 0) is 4.79 Å². The van der Waals surface area contributed by atoms with Crippen LogP contribution < -0.4 is 5.32 Å². The van der Waals surface area contributed by atoms with Crippen molar-refractivity contribution in [3.8, 4) is 0 Å². The molecule has 3 heteroatoms. The maximum atomic E-state index is 11.3. The lowest BCUT2D eigenvalue weighted by molar-refractivity contribution is -0.119. The fourth-order valence-electron chi connectivity index (χ4n) is 5.70. The van der Waals surface area contributed by atoms with Crippen molar-refractivity contribution in [3.05, 3.63) is 54.1 Å². The molecule has 0 radical (unpaired) electrons. The average molecular weight is 361 g/mol. The van der Waals surface area contributed by atoms with Gasteiger partial charge >= 0.3 is 0 Å². The zero-order valence-corrected chi connectivity index (χ0v) is 16.1. The molecule has 1 saturated heterocycles. The van der Waals surface area contributed by atoms with E-state index < -0.39 is 0 Å². The standard InChI is InChI=1S/C24H28N2O/c1-17(27)25-22-9-11-26(15-22)16-24-10-8-21(13-24)23(14-24)20-7-6-18-4-2-3-5-19(18)12-20/h2-7,12,14,21-22H,8-11,13,15-16H2,1H3,(H,25,27)/t21?,22-,24?/m0/s1. The van der Waals surface area contributed by atoms with Gasteiger partial charge in [-0.25, -0.2) is 0 Å². The predicted octanol–water partition coefficient (Wildman–Crippen LogP) is 4.23. The van der Waals surface area contributed by atoms with Crippen LogP contribution in [0.3, 0.4) is 0 Å². The molecule has 2 unspecified atom stereocenters. The minimum atomic E-state index is 0.0975. The van der Waals surface area contributed by atoms with Gasteiger partial charge in [-0.1, -0.05) is 42.5 Å². The second-order valence-corrected chi connectivity index (χ2v) is 8.88. The molecule has 2 fully saturated rings. The van der Waals surface area contributed by atoms with Gasteiger partial charge in [-0.2, -0.15) is 0 Å². The number of amides is 1. The van der Waals surface area contributed by atoms with Crippen molar-refractivity contribution in [3.63, 3.8) is 0 Å². The van der Waals surface area contributed by atoms with E-state index in [-0.39, 0.29) is 5.91 Å². The lowest BCUT2D eigenvalue weighted by Crippen LogP contribution is -2.38. The van der Waals surface area contributed by atoms with Gasteiger partial charge < -0.3 is 10.2 Å². The van der Waals surface area contributed by atoms with Crippen molar-refractivity contribution >= 4 is 22.3 Å². The van der Waals surface area contributed by atoms with Crippen LogP contribution in [0.25, 0.3) is 16.3 Å². The largest absolute Gasteiger partial charge is 0.352 e. The smallest absolute Gasteiger partial charge is 0.217 e. The van der Waals surface area contributed by atoms with Gasteiger partial charge in [0.05, 0.1) is 0 Å². The summed E-state index contributed by atoms with van der Waals surface area (Å²) in [6, 6.07) is 15.9. The maximum Gasteiger partial charge on any atom is 0.217 e. The van der Waals surface area contributed by atoms with E-state index in [4.69, 9.17) is 0 Å². The number of allylic oxidation sites excluding steroid dienone is 1. The highest BCUT2D eigenvalue weighted by atomic mass is 16.1. The number of nitrogens with zero attached hydrogens (tertiary/aromatic N) is 1. The highest BCUT2D eigenvalue weighted by Crippen LogP contribution is 2.56. The highest BCUT2D eigenvalue weighted by molar-refractivity contribution is 5.87. The second kappa shape index (κ2) is 6.49. The maximum absolute atomic E-state index is 11.3. The average Bonchev–Trinajstić information content (AvgIpc) is 3.36. The van der Waals surface area contributed by atoms with Gasteiger partial charge in [0.1, 0.15) is 0 Å². The quantitative estimate of drug-likeness (QED) is 0.885. The number of hydrogen-bond acceptors (Lipinski definition) is 2. The van der Waals surface area contributed by atoms with E-state index in [1.807, 2.05) is 0 Å². The van der Waals surface area contributed by atoms with Gasteiger partial charge in [0, 0.05) is 38.0 Å². The third-order valence-electron chi connectivity index (χ3n) is 6.85. The lowest BCUT2D eigenvalue weighted by atomic mass is 9.85. The minimum absolute atomic E-state index is 0.0975. The molecular formula is C24H28N2O. The molecule has 2 aromatic rings. The molecule has 2 aliphatic carbocycles. The van der Waals surface area contributed by atoms with Crippen molar-refractivity contribution in [2.75, 3.05) is 19.6 Å². The number of rotatable bonds is 4. The van der Waals surface area contributed by atoms with Crippen molar-refractivity contribution in [2.45, 2.75) is 38.6 Å². The molecule has 1 N–H and O–H groups in total. The molecule has 5 rings (SSSR count). The van der Waals surface area contributed by atoms with Crippen molar-refractivity contribution < 1.29 is 4.79 Å². The van der Waals surface area contributed by atoms with Crippen molar-refractivity contribution in [1.82, 2.24) is 10.2 Å². The fraction of sp³-hybridized carbons (Fsp3) is 0.458. The second-order valence-electron chi connectivity index (χ2n) is 8.88. The molecular weight excluding hydrogens is 332 g/mol. The minimum Gasteiger partial charge on any atom is -0.352 e. The Bertz CT molecular complexity index is 917. The molecule has 1 heterocycles. The monoisotopic (exact) mass is 360 g/mol. The normalized spacial score (nSPS) is 30.0. The van der Waals surface area contributed by atoms with Gasteiger partial charge in [0.15, 0.2) is 0 Å². The Kier molecular flexibility index (Phi) is 4.08. The molecule has 1 aliphatic heterocycles. The highest BCUT2D eigenvalue weighted by Gasteiger charge is 2.46. The Morgan fingerprint density at radius 2 is 2.04 bits per heavy atom. The lowest BCUT2D eigenvalue weighted by Gasteiger charge is -2.30. The summed E-state index contributed by atoms with van der Waals surface area (Å²) >= 11 is 0. The molecule has 1 amide bonds. The summed E-state index contributed by atoms with van der Waals surface area (Å²) in [4.78, 5) is 13.9. The van der Waals surface area contributed by atoms with Crippen LogP contribution in [0.4, 0.5) is 0 Å². The van der Waals surface area contributed by atoms with E-state index in [0.29, 0.717) is 11.5 Å². The Morgan fingerprint density at radius 1 is 1.19 bits per heavy atom. The van der Waals surface area contributed by atoms with Gasteiger partial charge in [0.2, 0.25) is 5.91 Å². The topological polar surface area (TPSA) is 32.3 Å². The Hall–Kier alpha value is -2.13. The first-order valence-electron chi connectivity index (χ1n) is 10.3. The number of nitrogens with one attached hydrogen (secondary N) is 1. The van der Waals surface area contributed by atoms with E-state index in [0.717, 1.165) is 32.0 Å². The summed E-state index contributed by atoms with van der Waals surface area (Å²) in [6.07, 6.45) is 7.63. The van der Waals surface area contributed by atoms with Crippen molar-refractivity contribution in [1.29, 1.82) is 0 Å². The summed E-state index contributed by atoms with van der Waals surface area (Å²) in [6.45, 7) is 4.89. The number of benzene rings is 2. The van der Waals surface area contributed by atoms with Crippen LogP contribution >= 0.6 is 0 Å². The fourth-order valence-corrected chi connectivity index (χ4v) is 5.70. The predicted molar refractivity (Wildman–Crippen MR) is 110 cm³/mol. The zero-order valence-electron chi connectivity index (χ0n) is 16.1. The Labute approximate surface area is 161 Å². The number of hydrogen-bond donors (Lipinski definition) is 1. The molecule has 2 bridgehead atoms. The van der Waals surface area contributed by atoms with Gasteiger partial charge in [0.25, 0.3) is 0 Å². The molecule has 3 nitrogen and oxygen atoms in total. The third-order valence-corrected chi connectivity index (χ3v) is 6.85. The van der Waals surface area contributed by atoms with Crippen LogP contribution in [0.15, 0.2) is 48.5 Å². The number of carbonyl (C=O) groups excluding carboxylic acids is 1. The Morgan fingerprint density at radius 3 is 2.89 bits per heavy atom.